The second-order valence-electron chi connectivity index (χ2n) is 4.62. The quantitative estimate of drug-likeness (QED) is 0.694. The summed E-state index contributed by atoms with van der Waals surface area (Å²) in [7, 11) is 0. The van der Waals surface area contributed by atoms with Gasteiger partial charge in [0.2, 0.25) is 0 Å². The fraction of sp³-hybridized carbons (Fsp3) is 0.667. The fourth-order valence-corrected chi connectivity index (χ4v) is 1.72. The number of hydrogen-bond acceptors (Lipinski definition) is 4. The van der Waals surface area contributed by atoms with Crippen LogP contribution in [0.1, 0.15) is 37.7 Å². The lowest BCUT2D eigenvalue weighted by Crippen LogP contribution is -2.39. The molecule has 1 heterocycles. The lowest BCUT2D eigenvalue weighted by atomic mass is 10.0. The molecule has 1 amide bonds. The number of aliphatic hydroxyl groups is 1. The van der Waals surface area contributed by atoms with Crippen LogP contribution in [0.25, 0.3) is 0 Å². The summed E-state index contributed by atoms with van der Waals surface area (Å²) in [6.07, 6.45) is 2.17. The fourth-order valence-electron chi connectivity index (χ4n) is 1.72. The van der Waals surface area contributed by atoms with Gasteiger partial charge in [-0.1, -0.05) is 13.8 Å². The number of aryl methyl sites for hydroxylation is 1. The van der Waals surface area contributed by atoms with Gasteiger partial charge in [-0.05, 0) is 19.3 Å². The highest BCUT2D eigenvalue weighted by molar-refractivity contribution is 5.97. The first-order chi connectivity index (χ1) is 8.49. The van der Waals surface area contributed by atoms with Gasteiger partial charge in [0.25, 0.3) is 5.91 Å². The van der Waals surface area contributed by atoms with Gasteiger partial charge < -0.3 is 16.2 Å². The van der Waals surface area contributed by atoms with Crippen LogP contribution in [0.4, 0.5) is 5.69 Å². The van der Waals surface area contributed by atoms with E-state index in [1.807, 2.05) is 20.8 Å². The van der Waals surface area contributed by atoms with Crippen LogP contribution < -0.4 is 11.1 Å². The molecule has 0 saturated carbocycles. The number of aliphatic hydroxyl groups excluding tert-OH is 1. The van der Waals surface area contributed by atoms with Crippen LogP contribution in [0.2, 0.25) is 0 Å². The van der Waals surface area contributed by atoms with Gasteiger partial charge in [0, 0.05) is 25.4 Å². The van der Waals surface area contributed by atoms with Gasteiger partial charge in [-0.2, -0.15) is 5.10 Å². The summed E-state index contributed by atoms with van der Waals surface area (Å²) < 4.78 is 1.63. The predicted octanol–water partition coefficient (Wildman–Crippen LogP) is 0.622. The minimum Gasteiger partial charge on any atom is -0.396 e. The lowest BCUT2D eigenvalue weighted by Gasteiger charge is -2.20. The SMILES string of the molecule is CCn1cc(N)c(C(=O)NC(CCO)C(C)C)n1. The number of nitrogens with zero attached hydrogens (tertiary/aromatic N) is 2. The normalized spacial score (nSPS) is 12.7. The molecule has 102 valence electrons. The minimum atomic E-state index is -0.285. The molecule has 0 fully saturated rings. The molecule has 0 aliphatic carbocycles. The third-order valence-corrected chi connectivity index (χ3v) is 2.89. The molecule has 1 unspecified atom stereocenters. The Hall–Kier alpha value is -1.56. The topological polar surface area (TPSA) is 93.2 Å². The van der Waals surface area contributed by atoms with Crippen LogP contribution in [-0.4, -0.2) is 33.4 Å². The third kappa shape index (κ3) is 3.46. The van der Waals surface area contributed by atoms with E-state index in [0.717, 1.165) is 0 Å². The highest BCUT2D eigenvalue weighted by Crippen LogP contribution is 2.11. The van der Waals surface area contributed by atoms with Crippen molar-refractivity contribution in [2.24, 2.45) is 5.92 Å². The maximum atomic E-state index is 12.0. The van der Waals surface area contributed by atoms with Gasteiger partial charge in [-0.15, -0.1) is 0 Å². The van der Waals surface area contributed by atoms with E-state index in [1.54, 1.807) is 10.9 Å². The number of carbonyl (C=O) groups is 1. The molecule has 0 spiro atoms. The molecule has 1 aromatic rings. The Morgan fingerprint density at radius 2 is 2.28 bits per heavy atom. The van der Waals surface area contributed by atoms with Crippen LogP contribution >= 0.6 is 0 Å². The molecule has 4 N–H and O–H groups in total. The van der Waals surface area contributed by atoms with Crippen molar-refractivity contribution in [3.05, 3.63) is 11.9 Å². The average molecular weight is 254 g/mol. The summed E-state index contributed by atoms with van der Waals surface area (Å²) >= 11 is 0. The number of nitrogens with two attached hydrogens (primary N) is 1. The Kier molecular flexibility index (Phi) is 5.15. The molecule has 6 nitrogen and oxygen atoms in total. The summed E-state index contributed by atoms with van der Waals surface area (Å²) in [6, 6.07) is -0.0753. The number of hydrogen-bond donors (Lipinski definition) is 3. The van der Waals surface area contributed by atoms with Crippen LogP contribution in [-0.2, 0) is 6.54 Å². The van der Waals surface area contributed by atoms with Crippen LogP contribution in [0.15, 0.2) is 6.20 Å². The van der Waals surface area contributed by atoms with E-state index < -0.39 is 0 Å². The van der Waals surface area contributed by atoms with E-state index in [-0.39, 0.29) is 30.2 Å². The lowest BCUT2D eigenvalue weighted by molar-refractivity contribution is 0.0911. The molecule has 1 atom stereocenters. The highest BCUT2D eigenvalue weighted by atomic mass is 16.3. The number of rotatable bonds is 6. The Labute approximate surface area is 107 Å². The zero-order chi connectivity index (χ0) is 13.7. The van der Waals surface area contributed by atoms with Gasteiger partial charge in [-0.25, -0.2) is 0 Å². The molecule has 0 aliphatic heterocycles. The number of nitrogen functional groups attached to an aromatic ring is 1. The summed E-state index contributed by atoms with van der Waals surface area (Å²) in [4.78, 5) is 12.0. The Morgan fingerprint density at radius 3 is 2.72 bits per heavy atom. The first kappa shape index (κ1) is 14.5. The monoisotopic (exact) mass is 254 g/mol. The van der Waals surface area contributed by atoms with Crippen molar-refractivity contribution in [3.63, 3.8) is 0 Å². The molecule has 6 heteroatoms. The summed E-state index contributed by atoms with van der Waals surface area (Å²) in [5.74, 6) is -0.0394. The number of amides is 1. The predicted molar refractivity (Wildman–Crippen MR) is 70.1 cm³/mol. The van der Waals surface area contributed by atoms with E-state index in [0.29, 0.717) is 18.7 Å². The molecule has 0 aromatic carbocycles. The zero-order valence-corrected chi connectivity index (χ0v) is 11.2. The van der Waals surface area contributed by atoms with Crippen LogP contribution in [0.5, 0.6) is 0 Å². The molecule has 0 aliphatic rings. The average Bonchev–Trinajstić information content (AvgIpc) is 2.69. The number of aromatic nitrogens is 2. The highest BCUT2D eigenvalue weighted by Gasteiger charge is 2.20. The van der Waals surface area contributed by atoms with E-state index >= 15 is 0 Å². The first-order valence-corrected chi connectivity index (χ1v) is 6.24. The summed E-state index contributed by atoms with van der Waals surface area (Å²) in [6.45, 7) is 6.63. The summed E-state index contributed by atoms with van der Waals surface area (Å²) in [5, 5.41) is 15.9. The largest absolute Gasteiger partial charge is 0.396 e. The molecule has 1 aromatic heterocycles. The molecular formula is C12H22N4O2. The van der Waals surface area contributed by atoms with Crippen molar-refractivity contribution >= 4 is 11.6 Å². The van der Waals surface area contributed by atoms with Crippen molar-refractivity contribution in [2.45, 2.75) is 39.8 Å². The molecule has 0 radical (unpaired) electrons. The van der Waals surface area contributed by atoms with Gasteiger partial charge in [-0.3, -0.25) is 9.48 Å². The van der Waals surface area contributed by atoms with Gasteiger partial charge in [0.05, 0.1) is 5.69 Å². The van der Waals surface area contributed by atoms with Crippen LogP contribution in [0.3, 0.4) is 0 Å². The van der Waals surface area contributed by atoms with E-state index in [2.05, 4.69) is 10.4 Å². The van der Waals surface area contributed by atoms with E-state index in [1.165, 1.54) is 0 Å². The van der Waals surface area contributed by atoms with E-state index in [4.69, 9.17) is 10.8 Å². The Morgan fingerprint density at radius 1 is 1.61 bits per heavy atom. The number of carbonyl (C=O) groups excluding carboxylic acids is 1. The van der Waals surface area contributed by atoms with Crippen molar-refractivity contribution in [3.8, 4) is 0 Å². The number of nitrogens with one attached hydrogen (secondary N) is 1. The summed E-state index contributed by atoms with van der Waals surface area (Å²) in [5.41, 5.74) is 6.38. The smallest absolute Gasteiger partial charge is 0.274 e. The van der Waals surface area contributed by atoms with Crippen molar-refractivity contribution in [1.82, 2.24) is 15.1 Å². The van der Waals surface area contributed by atoms with Gasteiger partial charge in [0.1, 0.15) is 0 Å². The Balaban J connectivity index is 2.76. The molecule has 18 heavy (non-hydrogen) atoms. The van der Waals surface area contributed by atoms with Crippen molar-refractivity contribution in [1.29, 1.82) is 0 Å². The van der Waals surface area contributed by atoms with Gasteiger partial charge >= 0.3 is 0 Å². The standard InChI is InChI=1S/C12H22N4O2/c1-4-16-7-9(13)11(15-16)12(18)14-10(5-6-17)8(2)3/h7-8,10,17H,4-6,13H2,1-3H3,(H,14,18). The second kappa shape index (κ2) is 6.39. The minimum absolute atomic E-state index is 0.0437. The van der Waals surface area contributed by atoms with Crippen molar-refractivity contribution in [2.75, 3.05) is 12.3 Å². The number of anilines is 1. The van der Waals surface area contributed by atoms with Gasteiger partial charge in [0.15, 0.2) is 5.69 Å². The molecule has 1 rings (SSSR count). The Bertz CT molecular complexity index is 401. The third-order valence-electron chi connectivity index (χ3n) is 2.89. The first-order valence-electron chi connectivity index (χ1n) is 6.24. The van der Waals surface area contributed by atoms with Crippen LogP contribution in [0, 0.1) is 5.92 Å². The molecular weight excluding hydrogens is 232 g/mol. The maximum absolute atomic E-state index is 12.0. The molecule has 0 saturated heterocycles. The van der Waals surface area contributed by atoms with Crippen molar-refractivity contribution < 1.29 is 9.90 Å². The zero-order valence-electron chi connectivity index (χ0n) is 11.2. The molecule has 0 bridgehead atoms. The maximum Gasteiger partial charge on any atom is 0.274 e. The second-order valence-corrected chi connectivity index (χ2v) is 4.62. The van der Waals surface area contributed by atoms with E-state index in [9.17, 15) is 4.79 Å².